The van der Waals surface area contributed by atoms with Crippen LogP contribution in [-0.2, 0) is 11.6 Å². The van der Waals surface area contributed by atoms with Gasteiger partial charge >= 0.3 is 12.2 Å². The fourth-order valence-corrected chi connectivity index (χ4v) is 3.70. The van der Waals surface area contributed by atoms with Crippen LogP contribution in [0.1, 0.15) is 36.8 Å². The number of hydrogen-bond donors (Lipinski definition) is 2. The number of anilines is 1. The van der Waals surface area contributed by atoms with Gasteiger partial charge in [-0.05, 0) is 24.5 Å². The first-order valence-electron chi connectivity index (χ1n) is 7.88. The van der Waals surface area contributed by atoms with Gasteiger partial charge in [0, 0.05) is 12.0 Å². The van der Waals surface area contributed by atoms with Crippen LogP contribution in [0, 0.1) is 0 Å². The monoisotopic (exact) mass is 370 g/mol. The molecule has 0 atom stereocenters. The van der Waals surface area contributed by atoms with Crippen LogP contribution < -0.4 is 10.6 Å². The lowest BCUT2D eigenvalue weighted by atomic mass is 9.78. The molecule has 0 bridgehead atoms. The molecule has 2 amide bonds. The number of carbonyl (C=O) groups is 1. The van der Waals surface area contributed by atoms with E-state index in [4.69, 9.17) is 0 Å². The van der Waals surface area contributed by atoms with E-state index in [-0.39, 0.29) is 6.54 Å². The van der Waals surface area contributed by atoms with Crippen LogP contribution in [-0.4, -0.2) is 22.8 Å². The van der Waals surface area contributed by atoms with E-state index in [1.165, 1.54) is 29.0 Å². The quantitative estimate of drug-likeness (QED) is 0.848. The molecule has 2 N–H and O–H groups in total. The summed E-state index contributed by atoms with van der Waals surface area (Å²) in [5.74, 6) is 0. The van der Waals surface area contributed by atoms with E-state index in [1.807, 2.05) is 0 Å². The van der Waals surface area contributed by atoms with Gasteiger partial charge in [0.25, 0.3) is 0 Å². The van der Waals surface area contributed by atoms with Gasteiger partial charge in [-0.1, -0.05) is 42.4 Å². The van der Waals surface area contributed by atoms with Crippen molar-refractivity contribution in [3.63, 3.8) is 0 Å². The predicted molar refractivity (Wildman–Crippen MR) is 88.5 cm³/mol. The molecule has 0 saturated heterocycles. The Morgan fingerprint density at radius 3 is 2.68 bits per heavy atom. The molecule has 134 valence electrons. The molecular formula is C16H17F3N4OS. The molecule has 1 aliphatic rings. The van der Waals surface area contributed by atoms with Gasteiger partial charge in [0.05, 0.1) is 5.56 Å². The van der Waals surface area contributed by atoms with Crippen molar-refractivity contribution in [3.05, 3.63) is 40.9 Å². The SMILES string of the molecule is O=C(NCC1(c2cccc(C(F)(F)F)c2)CCCC1)Nc1nncs1. The number of urea groups is 1. The van der Waals surface area contributed by atoms with E-state index in [9.17, 15) is 18.0 Å². The van der Waals surface area contributed by atoms with Crippen molar-refractivity contribution in [2.75, 3.05) is 11.9 Å². The summed E-state index contributed by atoms with van der Waals surface area (Å²) in [4.78, 5) is 12.0. The van der Waals surface area contributed by atoms with Crippen LogP contribution in [0.5, 0.6) is 0 Å². The van der Waals surface area contributed by atoms with Crippen LogP contribution >= 0.6 is 11.3 Å². The van der Waals surface area contributed by atoms with E-state index in [2.05, 4.69) is 20.8 Å². The number of nitrogens with zero attached hydrogens (tertiary/aromatic N) is 2. The maximum absolute atomic E-state index is 13.0. The summed E-state index contributed by atoms with van der Waals surface area (Å²) in [6.45, 7) is 0.277. The van der Waals surface area contributed by atoms with Crippen molar-refractivity contribution in [2.24, 2.45) is 0 Å². The molecule has 0 radical (unpaired) electrons. The highest BCUT2D eigenvalue weighted by molar-refractivity contribution is 7.13. The highest BCUT2D eigenvalue weighted by atomic mass is 32.1. The third kappa shape index (κ3) is 4.09. The Morgan fingerprint density at radius 1 is 1.28 bits per heavy atom. The third-order valence-corrected chi connectivity index (χ3v) is 5.14. The summed E-state index contributed by atoms with van der Waals surface area (Å²) in [5.41, 5.74) is 0.988. The van der Waals surface area contributed by atoms with Crippen LogP contribution in [0.3, 0.4) is 0 Å². The van der Waals surface area contributed by atoms with E-state index in [0.29, 0.717) is 10.7 Å². The number of aromatic nitrogens is 2. The minimum atomic E-state index is -4.38. The number of rotatable bonds is 4. The van der Waals surface area contributed by atoms with Crippen molar-refractivity contribution in [1.29, 1.82) is 0 Å². The molecule has 3 rings (SSSR count). The number of amides is 2. The van der Waals surface area contributed by atoms with Gasteiger partial charge in [-0.2, -0.15) is 13.2 Å². The maximum Gasteiger partial charge on any atom is 0.416 e. The number of alkyl halides is 3. The standard InChI is InChI=1S/C16H17F3N4OS/c17-16(18,19)12-5-3-4-11(8-12)15(6-1-2-7-15)9-20-13(24)22-14-23-21-10-25-14/h3-5,8,10H,1-2,6-7,9H2,(H2,20,22,23,24). The Balaban J connectivity index is 1.74. The number of carbonyl (C=O) groups excluding carboxylic acids is 1. The van der Waals surface area contributed by atoms with Crippen molar-refractivity contribution in [1.82, 2.24) is 15.5 Å². The van der Waals surface area contributed by atoms with Gasteiger partial charge in [0.15, 0.2) is 0 Å². The van der Waals surface area contributed by atoms with Crippen molar-refractivity contribution < 1.29 is 18.0 Å². The second-order valence-electron chi connectivity index (χ2n) is 6.12. The third-order valence-electron chi connectivity index (χ3n) is 4.53. The molecule has 1 saturated carbocycles. The summed E-state index contributed by atoms with van der Waals surface area (Å²) >= 11 is 1.19. The second-order valence-corrected chi connectivity index (χ2v) is 6.95. The highest BCUT2D eigenvalue weighted by Gasteiger charge is 2.38. The van der Waals surface area contributed by atoms with Crippen LogP contribution in [0.2, 0.25) is 0 Å². The molecule has 0 aliphatic heterocycles. The van der Waals surface area contributed by atoms with Gasteiger partial charge < -0.3 is 5.32 Å². The predicted octanol–water partition coefficient (Wildman–Crippen LogP) is 4.19. The smallest absolute Gasteiger partial charge is 0.337 e. The topological polar surface area (TPSA) is 66.9 Å². The molecule has 1 aromatic carbocycles. The molecular weight excluding hydrogens is 353 g/mol. The molecule has 25 heavy (non-hydrogen) atoms. The van der Waals surface area contributed by atoms with Gasteiger partial charge in [-0.3, -0.25) is 5.32 Å². The van der Waals surface area contributed by atoms with Gasteiger partial charge in [0.1, 0.15) is 5.51 Å². The maximum atomic E-state index is 13.0. The Kier molecular flexibility index (Phi) is 4.94. The van der Waals surface area contributed by atoms with Crippen LogP contribution in [0.15, 0.2) is 29.8 Å². The summed E-state index contributed by atoms with van der Waals surface area (Å²) in [6, 6.07) is 4.98. The molecule has 5 nitrogen and oxygen atoms in total. The van der Waals surface area contributed by atoms with Crippen molar-refractivity contribution in [2.45, 2.75) is 37.3 Å². The highest BCUT2D eigenvalue weighted by Crippen LogP contribution is 2.42. The summed E-state index contributed by atoms with van der Waals surface area (Å²) in [7, 11) is 0. The zero-order chi connectivity index (χ0) is 17.9. The first kappa shape index (κ1) is 17.7. The fraction of sp³-hybridized carbons (Fsp3) is 0.438. The average molecular weight is 370 g/mol. The van der Waals surface area contributed by atoms with E-state index >= 15 is 0 Å². The number of benzene rings is 1. The number of hydrogen-bond acceptors (Lipinski definition) is 4. The molecule has 2 aromatic rings. The lowest BCUT2D eigenvalue weighted by Crippen LogP contribution is -2.41. The Morgan fingerprint density at radius 2 is 2.04 bits per heavy atom. The Hall–Kier alpha value is -2.16. The van der Waals surface area contributed by atoms with Gasteiger partial charge in [-0.15, -0.1) is 10.2 Å². The Bertz CT molecular complexity index is 727. The first-order valence-corrected chi connectivity index (χ1v) is 8.76. The second kappa shape index (κ2) is 6.99. The van der Waals surface area contributed by atoms with E-state index in [1.54, 1.807) is 6.07 Å². The normalized spacial score (nSPS) is 16.6. The van der Waals surface area contributed by atoms with Crippen molar-refractivity contribution in [3.8, 4) is 0 Å². The minimum absolute atomic E-state index is 0.277. The lowest BCUT2D eigenvalue weighted by molar-refractivity contribution is -0.137. The summed E-state index contributed by atoms with van der Waals surface area (Å²) < 4.78 is 39.0. The Labute approximate surface area is 146 Å². The summed E-state index contributed by atoms with van der Waals surface area (Å²) in [5, 5.41) is 13.1. The number of nitrogens with one attached hydrogen (secondary N) is 2. The van der Waals surface area contributed by atoms with Crippen LogP contribution in [0.25, 0.3) is 0 Å². The molecule has 9 heteroatoms. The molecule has 1 aliphatic carbocycles. The summed E-state index contributed by atoms with van der Waals surface area (Å²) in [6.07, 6.45) is -1.04. The molecule has 0 unspecified atom stereocenters. The van der Waals surface area contributed by atoms with E-state index < -0.39 is 23.2 Å². The zero-order valence-corrected chi connectivity index (χ0v) is 14.1. The average Bonchev–Trinajstić information content (AvgIpc) is 3.25. The largest absolute Gasteiger partial charge is 0.416 e. The van der Waals surface area contributed by atoms with Gasteiger partial charge in [0.2, 0.25) is 5.13 Å². The van der Waals surface area contributed by atoms with E-state index in [0.717, 1.165) is 31.7 Å². The molecule has 1 fully saturated rings. The number of halogens is 3. The minimum Gasteiger partial charge on any atom is -0.337 e. The van der Waals surface area contributed by atoms with Gasteiger partial charge in [-0.25, -0.2) is 4.79 Å². The van der Waals surface area contributed by atoms with Crippen LogP contribution in [0.4, 0.5) is 23.1 Å². The molecule has 1 heterocycles. The lowest BCUT2D eigenvalue weighted by Gasteiger charge is -2.30. The fourth-order valence-electron chi connectivity index (χ4n) is 3.26. The first-order chi connectivity index (χ1) is 11.9. The molecule has 0 spiro atoms. The molecule has 1 aromatic heterocycles. The zero-order valence-electron chi connectivity index (χ0n) is 13.3. The van der Waals surface area contributed by atoms with Crippen molar-refractivity contribution >= 4 is 22.5 Å².